The lowest BCUT2D eigenvalue weighted by atomic mass is 10.1. The van der Waals surface area contributed by atoms with Crippen LogP contribution in [0, 0.1) is 0 Å². The van der Waals surface area contributed by atoms with Gasteiger partial charge in [0.15, 0.2) is 0 Å². The molecule has 3 heteroatoms. The lowest BCUT2D eigenvalue weighted by Gasteiger charge is -2.16. The van der Waals surface area contributed by atoms with Crippen LogP contribution in [0.15, 0.2) is 30.3 Å². The Bertz CT molecular complexity index is 371. The van der Waals surface area contributed by atoms with E-state index in [-0.39, 0.29) is 18.1 Å². The van der Waals surface area contributed by atoms with Crippen molar-refractivity contribution < 1.29 is 9.53 Å². The van der Waals surface area contributed by atoms with Crippen LogP contribution in [0.2, 0.25) is 0 Å². The van der Waals surface area contributed by atoms with Gasteiger partial charge in [-0.1, -0.05) is 30.3 Å². The third kappa shape index (κ3) is 3.84. The van der Waals surface area contributed by atoms with E-state index in [4.69, 9.17) is 4.74 Å². The fraction of sp³-hybridized carbons (Fsp3) is 0.533. The maximum atomic E-state index is 11.8. The molecule has 1 saturated heterocycles. The standard InChI is InChI=1S/C15H21NO2/c1-12(9-10-13-6-3-2-4-7-13)16-15(17)14-8-5-11-18-14/h2-4,6-7,12,14H,5,8-11H2,1H3,(H,16,17). The lowest BCUT2D eigenvalue weighted by Crippen LogP contribution is -2.39. The van der Waals surface area contributed by atoms with E-state index in [1.165, 1.54) is 5.56 Å². The van der Waals surface area contributed by atoms with Crippen LogP contribution in [0.5, 0.6) is 0 Å². The zero-order valence-corrected chi connectivity index (χ0v) is 10.9. The molecule has 0 aliphatic carbocycles. The van der Waals surface area contributed by atoms with Crippen molar-refractivity contribution in [3.63, 3.8) is 0 Å². The van der Waals surface area contributed by atoms with Gasteiger partial charge in [-0.25, -0.2) is 0 Å². The first kappa shape index (κ1) is 13.1. The average Bonchev–Trinajstić information content (AvgIpc) is 2.91. The topological polar surface area (TPSA) is 38.3 Å². The van der Waals surface area contributed by atoms with Crippen LogP contribution in [0.25, 0.3) is 0 Å². The third-order valence-corrected chi connectivity index (χ3v) is 3.32. The van der Waals surface area contributed by atoms with Gasteiger partial charge in [-0.2, -0.15) is 0 Å². The van der Waals surface area contributed by atoms with Gasteiger partial charge in [0.1, 0.15) is 6.10 Å². The summed E-state index contributed by atoms with van der Waals surface area (Å²) in [5.74, 6) is 0.0491. The summed E-state index contributed by atoms with van der Waals surface area (Å²) in [6, 6.07) is 10.5. The van der Waals surface area contributed by atoms with Crippen LogP contribution in [0.4, 0.5) is 0 Å². The number of aryl methyl sites for hydroxylation is 1. The van der Waals surface area contributed by atoms with E-state index in [9.17, 15) is 4.79 Å². The molecule has 1 aromatic carbocycles. The second-order valence-electron chi connectivity index (χ2n) is 4.94. The number of hydrogen-bond acceptors (Lipinski definition) is 2. The van der Waals surface area contributed by atoms with Gasteiger partial charge in [-0.15, -0.1) is 0 Å². The van der Waals surface area contributed by atoms with Crippen molar-refractivity contribution in [2.75, 3.05) is 6.61 Å². The van der Waals surface area contributed by atoms with Crippen molar-refractivity contribution in [3.8, 4) is 0 Å². The quantitative estimate of drug-likeness (QED) is 0.867. The molecule has 18 heavy (non-hydrogen) atoms. The molecule has 0 bridgehead atoms. The second-order valence-corrected chi connectivity index (χ2v) is 4.94. The molecule has 3 nitrogen and oxygen atoms in total. The van der Waals surface area contributed by atoms with E-state index in [1.54, 1.807) is 0 Å². The van der Waals surface area contributed by atoms with Gasteiger partial charge >= 0.3 is 0 Å². The summed E-state index contributed by atoms with van der Waals surface area (Å²) in [6.45, 7) is 2.77. The summed E-state index contributed by atoms with van der Waals surface area (Å²) >= 11 is 0. The minimum atomic E-state index is -0.218. The van der Waals surface area contributed by atoms with Crippen molar-refractivity contribution in [2.45, 2.75) is 44.8 Å². The van der Waals surface area contributed by atoms with Crippen LogP contribution >= 0.6 is 0 Å². The zero-order valence-electron chi connectivity index (χ0n) is 10.9. The van der Waals surface area contributed by atoms with Gasteiger partial charge in [0.05, 0.1) is 0 Å². The lowest BCUT2D eigenvalue weighted by molar-refractivity contribution is -0.130. The normalized spacial score (nSPS) is 20.6. The van der Waals surface area contributed by atoms with E-state index in [0.29, 0.717) is 0 Å². The highest BCUT2D eigenvalue weighted by atomic mass is 16.5. The maximum absolute atomic E-state index is 11.8. The van der Waals surface area contributed by atoms with E-state index in [0.717, 1.165) is 32.3 Å². The first-order valence-corrected chi connectivity index (χ1v) is 6.71. The van der Waals surface area contributed by atoms with Gasteiger partial charge in [-0.05, 0) is 38.2 Å². The summed E-state index contributed by atoms with van der Waals surface area (Å²) in [4.78, 5) is 11.8. The van der Waals surface area contributed by atoms with Gasteiger partial charge in [0.25, 0.3) is 0 Å². The van der Waals surface area contributed by atoms with Crippen molar-refractivity contribution in [3.05, 3.63) is 35.9 Å². The number of carbonyl (C=O) groups excluding carboxylic acids is 1. The predicted molar refractivity (Wildman–Crippen MR) is 71.3 cm³/mol. The first-order chi connectivity index (χ1) is 8.75. The molecule has 1 fully saturated rings. The molecular formula is C15H21NO2. The summed E-state index contributed by atoms with van der Waals surface area (Å²) in [7, 11) is 0. The van der Waals surface area contributed by atoms with E-state index < -0.39 is 0 Å². The molecule has 2 atom stereocenters. The summed E-state index contributed by atoms with van der Waals surface area (Å²) in [6.07, 6.45) is 3.59. The predicted octanol–water partition coefficient (Wildman–Crippen LogP) is 2.30. The average molecular weight is 247 g/mol. The summed E-state index contributed by atoms with van der Waals surface area (Å²) in [5, 5.41) is 3.03. The smallest absolute Gasteiger partial charge is 0.249 e. The molecule has 1 N–H and O–H groups in total. The van der Waals surface area contributed by atoms with Crippen LogP contribution < -0.4 is 5.32 Å². The Morgan fingerprint density at radius 1 is 1.44 bits per heavy atom. The number of hydrogen-bond donors (Lipinski definition) is 1. The van der Waals surface area contributed by atoms with Gasteiger partial charge in [0.2, 0.25) is 5.91 Å². The third-order valence-electron chi connectivity index (χ3n) is 3.32. The summed E-state index contributed by atoms with van der Waals surface area (Å²) < 4.78 is 5.37. The van der Waals surface area contributed by atoms with Gasteiger partial charge < -0.3 is 10.1 Å². The Kier molecular flexibility index (Phi) is 4.76. The highest BCUT2D eigenvalue weighted by molar-refractivity contribution is 5.81. The zero-order chi connectivity index (χ0) is 12.8. The first-order valence-electron chi connectivity index (χ1n) is 6.71. The molecule has 0 aromatic heterocycles. The molecule has 1 aliphatic heterocycles. The maximum Gasteiger partial charge on any atom is 0.249 e. The Morgan fingerprint density at radius 3 is 2.89 bits per heavy atom. The molecule has 1 aromatic rings. The highest BCUT2D eigenvalue weighted by Gasteiger charge is 2.24. The minimum absolute atomic E-state index is 0.0491. The number of rotatable bonds is 5. The number of nitrogens with one attached hydrogen (secondary N) is 1. The SMILES string of the molecule is CC(CCc1ccccc1)NC(=O)C1CCCO1. The highest BCUT2D eigenvalue weighted by Crippen LogP contribution is 2.12. The number of benzene rings is 1. The van der Waals surface area contributed by atoms with Gasteiger partial charge in [0, 0.05) is 12.6 Å². The molecule has 1 aliphatic rings. The largest absolute Gasteiger partial charge is 0.368 e. The Morgan fingerprint density at radius 2 is 2.22 bits per heavy atom. The Labute approximate surface area is 109 Å². The fourth-order valence-corrected chi connectivity index (χ4v) is 2.22. The fourth-order valence-electron chi connectivity index (χ4n) is 2.22. The molecule has 98 valence electrons. The Hall–Kier alpha value is -1.35. The van der Waals surface area contributed by atoms with E-state index >= 15 is 0 Å². The monoisotopic (exact) mass is 247 g/mol. The number of ether oxygens (including phenoxy) is 1. The molecule has 2 unspecified atom stereocenters. The minimum Gasteiger partial charge on any atom is -0.368 e. The molecular weight excluding hydrogens is 226 g/mol. The second kappa shape index (κ2) is 6.55. The van der Waals surface area contributed by atoms with Crippen LogP contribution in [0.3, 0.4) is 0 Å². The van der Waals surface area contributed by atoms with Gasteiger partial charge in [-0.3, -0.25) is 4.79 Å². The van der Waals surface area contributed by atoms with Crippen molar-refractivity contribution in [1.82, 2.24) is 5.32 Å². The number of amides is 1. The molecule has 0 saturated carbocycles. The van der Waals surface area contributed by atoms with Crippen LogP contribution in [-0.4, -0.2) is 24.7 Å². The molecule has 1 heterocycles. The molecule has 0 spiro atoms. The van der Waals surface area contributed by atoms with E-state index in [1.807, 2.05) is 18.2 Å². The van der Waals surface area contributed by atoms with Crippen molar-refractivity contribution in [2.24, 2.45) is 0 Å². The van der Waals surface area contributed by atoms with Crippen molar-refractivity contribution in [1.29, 1.82) is 0 Å². The van der Waals surface area contributed by atoms with Crippen LogP contribution in [0.1, 0.15) is 31.7 Å². The molecule has 0 radical (unpaired) electrons. The summed E-state index contributed by atoms with van der Waals surface area (Å²) in [5.41, 5.74) is 1.32. The van der Waals surface area contributed by atoms with E-state index in [2.05, 4.69) is 24.4 Å². The van der Waals surface area contributed by atoms with Crippen molar-refractivity contribution >= 4 is 5.91 Å². The molecule has 1 amide bonds. The number of carbonyl (C=O) groups is 1. The Balaban J connectivity index is 1.71. The molecule has 2 rings (SSSR count). The van der Waals surface area contributed by atoms with Crippen LogP contribution in [-0.2, 0) is 16.0 Å².